The second-order valence-corrected chi connectivity index (χ2v) is 2.51. The summed E-state index contributed by atoms with van der Waals surface area (Å²) in [6.07, 6.45) is 3.98. The summed E-state index contributed by atoms with van der Waals surface area (Å²) < 4.78 is 25.2. The number of halogens is 2. The molecular weight excluding hydrogens is 190 g/mol. The summed E-state index contributed by atoms with van der Waals surface area (Å²) in [7, 11) is 0. The number of nitrogens with zero attached hydrogens (tertiary/aromatic N) is 2. The van der Waals surface area contributed by atoms with E-state index in [1.807, 2.05) is 0 Å². The molecule has 1 aromatic heterocycles. The van der Waals surface area contributed by atoms with Crippen LogP contribution in [0.4, 0.5) is 8.78 Å². The fourth-order valence-corrected chi connectivity index (χ4v) is 0.913. The summed E-state index contributed by atoms with van der Waals surface area (Å²) in [6, 6.07) is 4.76. The predicted octanol–water partition coefficient (Wildman–Crippen LogP) is 1.80. The third-order valence-corrected chi connectivity index (χ3v) is 1.52. The van der Waals surface area contributed by atoms with E-state index in [1.54, 1.807) is 0 Å². The molecule has 0 amide bonds. The molecule has 0 aliphatic carbocycles. The van der Waals surface area contributed by atoms with Crippen molar-refractivity contribution in [3.63, 3.8) is 0 Å². The van der Waals surface area contributed by atoms with E-state index in [1.165, 1.54) is 18.3 Å². The Balaban J connectivity index is 2.22. The van der Waals surface area contributed by atoms with E-state index in [4.69, 9.17) is 4.84 Å². The molecule has 2 rings (SSSR count). The molecule has 0 fully saturated rings. The van der Waals surface area contributed by atoms with Gasteiger partial charge in [-0.1, -0.05) is 4.85 Å². The highest BCUT2D eigenvalue weighted by Crippen LogP contribution is 2.15. The maximum absolute atomic E-state index is 12.7. The van der Waals surface area contributed by atoms with Crippen LogP contribution in [0.15, 0.2) is 30.5 Å². The molecule has 0 saturated carbocycles. The van der Waals surface area contributed by atoms with Crippen molar-refractivity contribution < 1.29 is 13.6 Å². The Labute approximate surface area is 78.5 Å². The van der Waals surface area contributed by atoms with Crippen molar-refractivity contribution in [2.45, 2.75) is 0 Å². The zero-order valence-electron chi connectivity index (χ0n) is 6.95. The third kappa shape index (κ3) is 1.71. The average Bonchev–Trinajstić information content (AvgIpc) is 2.64. The van der Waals surface area contributed by atoms with E-state index in [9.17, 15) is 8.78 Å². The van der Waals surface area contributed by atoms with Crippen molar-refractivity contribution >= 4 is 0 Å². The van der Waals surface area contributed by atoms with Gasteiger partial charge in [-0.15, -0.1) is 5.10 Å². The first-order valence-electron chi connectivity index (χ1n) is 3.81. The Morgan fingerprint density at radius 2 is 2.14 bits per heavy atom. The van der Waals surface area contributed by atoms with Gasteiger partial charge in [-0.2, -0.15) is 0 Å². The van der Waals surface area contributed by atoms with E-state index in [-0.39, 0.29) is 5.75 Å². The summed E-state index contributed by atoms with van der Waals surface area (Å²) in [5.74, 6) is -1.70. The lowest BCUT2D eigenvalue weighted by Crippen LogP contribution is -2.05. The Kier molecular flexibility index (Phi) is 2.14. The Hall–Kier alpha value is -1.91. The largest absolute Gasteiger partial charge is 0.358 e. The molecule has 71 valence electrons. The van der Waals surface area contributed by atoms with Crippen molar-refractivity contribution in [1.29, 1.82) is 0 Å². The Bertz CT molecular complexity index is 428. The molecule has 1 radical (unpaired) electrons. The average molecular weight is 195 g/mol. The van der Waals surface area contributed by atoms with Crippen LogP contribution in [-0.2, 0) is 0 Å². The molecule has 0 bridgehead atoms. The van der Waals surface area contributed by atoms with Gasteiger partial charge in [-0.25, -0.2) is 8.78 Å². The van der Waals surface area contributed by atoms with E-state index in [2.05, 4.69) is 11.3 Å². The van der Waals surface area contributed by atoms with Crippen molar-refractivity contribution in [3.05, 3.63) is 48.3 Å². The molecule has 2 aromatic rings. The van der Waals surface area contributed by atoms with Crippen molar-refractivity contribution in [2.75, 3.05) is 0 Å². The SMILES string of the molecule is Fc1ccc(On2cc[c]n2)cc1F. The monoisotopic (exact) mass is 195 g/mol. The van der Waals surface area contributed by atoms with Crippen LogP contribution < -0.4 is 4.84 Å². The minimum atomic E-state index is -0.960. The lowest BCUT2D eigenvalue weighted by molar-refractivity contribution is 0.177. The quantitative estimate of drug-likeness (QED) is 0.730. The number of benzene rings is 1. The third-order valence-electron chi connectivity index (χ3n) is 1.52. The van der Waals surface area contributed by atoms with Crippen LogP contribution in [0.5, 0.6) is 5.75 Å². The first-order chi connectivity index (χ1) is 6.75. The molecule has 0 aliphatic rings. The lowest BCUT2D eigenvalue weighted by Gasteiger charge is -2.03. The van der Waals surface area contributed by atoms with Gasteiger partial charge in [0, 0.05) is 6.07 Å². The highest BCUT2D eigenvalue weighted by atomic mass is 19.2. The standard InChI is InChI=1S/C9H5F2N2O/c10-8-3-2-7(6-9(8)11)14-13-5-1-4-12-13/h1-3,5-6H. The van der Waals surface area contributed by atoms with Gasteiger partial charge in [-0.05, 0) is 18.2 Å². The molecule has 0 atom stereocenters. The van der Waals surface area contributed by atoms with Crippen LogP contribution in [0.3, 0.4) is 0 Å². The molecule has 5 heteroatoms. The summed E-state index contributed by atoms with van der Waals surface area (Å²) in [5.41, 5.74) is 0. The smallest absolute Gasteiger partial charge is 0.162 e. The topological polar surface area (TPSA) is 27.1 Å². The number of rotatable bonds is 2. The van der Waals surface area contributed by atoms with Crippen molar-refractivity contribution in [3.8, 4) is 5.75 Å². The van der Waals surface area contributed by atoms with Gasteiger partial charge in [-0.3, -0.25) is 0 Å². The van der Waals surface area contributed by atoms with E-state index in [0.717, 1.165) is 17.0 Å². The van der Waals surface area contributed by atoms with Gasteiger partial charge in [0.25, 0.3) is 0 Å². The molecule has 0 saturated heterocycles. The number of hydrogen-bond donors (Lipinski definition) is 0. The highest BCUT2D eigenvalue weighted by molar-refractivity contribution is 5.23. The van der Waals surface area contributed by atoms with Gasteiger partial charge >= 0.3 is 0 Å². The van der Waals surface area contributed by atoms with Gasteiger partial charge in [0.2, 0.25) is 0 Å². The summed E-state index contributed by atoms with van der Waals surface area (Å²) in [5, 5.41) is 3.62. The normalized spacial score (nSPS) is 10.1. The van der Waals surface area contributed by atoms with Crippen LogP contribution in [0.2, 0.25) is 0 Å². The zero-order valence-corrected chi connectivity index (χ0v) is 6.95. The fourth-order valence-electron chi connectivity index (χ4n) is 0.913. The van der Waals surface area contributed by atoms with E-state index < -0.39 is 11.6 Å². The highest BCUT2D eigenvalue weighted by Gasteiger charge is 2.03. The van der Waals surface area contributed by atoms with E-state index in [0.29, 0.717) is 0 Å². The van der Waals surface area contributed by atoms with Crippen LogP contribution >= 0.6 is 0 Å². The van der Waals surface area contributed by atoms with Crippen molar-refractivity contribution in [2.24, 2.45) is 0 Å². The van der Waals surface area contributed by atoms with Crippen LogP contribution in [0, 0.1) is 17.8 Å². The van der Waals surface area contributed by atoms with Crippen LogP contribution in [-0.4, -0.2) is 9.94 Å². The zero-order chi connectivity index (χ0) is 9.97. The van der Waals surface area contributed by atoms with Crippen molar-refractivity contribution in [1.82, 2.24) is 9.94 Å². The van der Waals surface area contributed by atoms with Gasteiger partial charge in [0.05, 0.1) is 6.20 Å². The van der Waals surface area contributed by atoms with Gasteiger partial charge in [0.15, 0.2) is 17.4 Å². The number of hydrogen-bond acceptors (Lipinski definition) is 2. The second kappa shape index (κ2) is 3.45. The molecule has 0 aliphatic heterocycles. The first kappa shape index (κ1) is 8.68. The molecule has 1 aromatic carbocycles. The molecule has 0 N–H and O–H groups in total. The summed E-state index contributed by atoms with van der Waals surface area (Å²) in [4.78, 5) is 6.11. The minimum absolute atomic E-state index is 0.168. The predicted molar refractivity (Wildman–Crippen MR) is 43.4 cm³/mol. The summed E-state index contributed by atoms with van der Waals surface area (Å²) >= 11 is 0. The van der Waals surface area contributed by atoms with Crippen LogP contribution in [0.25, 0.3) is 0 Å². The van der Waals surface area contributed by atoms with Gasteiger partial charge < -0.3 is 4.84 Å². The fraction of sp³-hybridized carbons (Fsp3) is 0. The van der Waals surface area contributed by atoms with Crippen LogP contribution in [0.1, 0.15) is 0 Å². The molecule has 1 heterocycles. The molecule has 0 unspecified atom stereocenters. The lowest BCUT2D eigenvalue weighted by atomic mass is 10.3. The minimum Gasteiger partial charge on any atom is -0.358 e. The maximum Gasteiger partial charge on any atom is 0.162 e. The molecule has 0 spiro atoms. The molecular formula is C9H5F2N2O. The van der Waals surface area contributed by atoms with E-state index >= 15 is 0 Å². The summed E-state index contributed by atoms with van der Waals surface area (Å²) in [6.45, 7) is 0. The maximum atomic E-state index is 12.7. The molecule has 3 nitrogen and oxygen atoms in total. The second-order valence-electron chi connectivity index (χ2n) is 2.51. The Morgan fingerprint density at radius 1 is 1.29 bits per heavy atom. The first-order valence-corrected chi connectivity index (χ1v) is 3.81. The van der Waals surface area contributed by atoms with Gasteiger partial charge in [0.1, 0.15) is 6.20 Å². The number of aromatic nitrogens is 2. The molecule has 14 heavy (non-hydrogen) atoms. The Morgan fingerprint density at radius 3 is 2.79 bits per heavy atom.